The largest absolute Gasteiger partial charge is 0.356 e. The van der Waals surface area contributed by atoms with Crippen LogP contribution in [0.4, 0.5) is 0 Å². The van der Waals surface area contributed by atoms with Crippen LogP contribution >= 0.6 is 0 Å². The molecule has 2 aliphatic rings. The predicted molar refractivity (Wildman–Crippen MR) is 79.1 cm³/mol. The maximum absolute atomic E-state index is 12.7. The van der Waals surface area contributed by atoms with E-state index in [0.717, 1.165) is 5.56 Å². The van der Waals surface area contributed by atoms with Gasteiger partial charge in [-0.25, -0.2) is 8.42 Å². The van der Waals surface area contributed by atoms with Crippen molar-refractivity contribution in [1.29, 1.82) is 0 Å². The van der Waals surface area contributed by atoms with Crippen LogP contribution in [0.3, 0.4) is 0 Å². The van der Waals surface area contributed by atoms with Crippen LogP contribution in [0.15, 0.2) is 29.2 Å². The second-order valence-electron chi connectivity index (χ2n) is 6.10. The first-order valence-corrected chi connectivity index (χ1v) is 8.68. The lowest BCUT2D eigenvalue weighted by Crippen LogP contribution is -2.46. The van der Waals surface area contributed by atoms with Gasteiger partial charge in [-0.3, -0.25) is 4.79 Å². The second kappa shape index (κ2) is 5.10. The van der Waals surface area contributed by atoms with Crippen LogP contribution in [0.5, 0.6) is 0 Å². The number of nitrogens with zero attached hydrogens (tertiary/aromatic N) is 1. The minimum atomic E-state index is -3.47. The summed E-state index contributed by atoms with van der Waals surface area (Å²) in [5.41, 5.74) is 0.929. The Morgan fingerprint density at radius 2 is 2.05 bits per heavy atom. The van der Waals surface area contributed by atoms with Crippen molar-refractivity contribution in [3.63, 3.8) is 0 Å². The third-order valence-electron chi connectivity index (χ3n) is 4.68. The number of sulfonamides is 1. The number of rotatable bonds is 2. The maximum Gasteiger partial charge on any atom is 0.243 e. The smallest absolute Gasteiger partial charge is 0.243 e. The molecule has 3 atom stereocenters. The van der Waals surface area contributed by atoms with Crippen molar-refractivity contribution in [3.8, 4) is 0 Å². The Morgan fingerprint density at radius 1 is 1.29 bits per heavy atom. The second-order valence-corrected chi connectivity index (χ2v) is 8.03. The van der Waals surface area contributed by atoms with Crippen LogP contribution in [0, 0.1) is 24.7 Å². The summed E-state index contributed by atoms with van der Waals surface area (Å²) in [6, 6.07) is 6.98. The monoisotopic (exact) mass is 308 g/mol. The van der Waals surface area contributed by atoms with Crippen LogP contribution in [0.1, 0.15) is 12.5 Å². The molecule has 2 saturated heterocycles. The molecule has 1 amide bonds. The summed E-state index contributed by atoms with van der Waals surface area (Å²) in [4.78, 5) is 12.1. The summed E-state index contributed by atoms with van der Waals surface area (Å²) in [6.07, 6.45) is 0. The van der Waals surface area contributed by atoms with E-state index in [1.807, 2.05) is 19.9 Å². The van der Waals surface area contributed by atoms with Crippen LogP contribution in [0.2, 0.25) is 0 Å². The van der Waals surface area contributed by atoms with E-state index in [0.29, 0.717) is 24.5 Å². The van der Waals surface area contributed by atoms with Crippen molar-refractivity contribution in [3.05, 3.63) is 29.8 Å². The molecule has 1 aromatic carbocycles. The maximum atomic E-state index is 12.7. The SMILES string of the molecule is Cc1cccc(S(=O)(=O)N2C[C@@H]3CNC(=O)[C@H](C)[C@@H]3C2)c1. The third kappa shape index (κ3) is 2.46. The summed E-state index contributed by atoms with van der Waals surface area (Å²) in [6.45, 7) is 5.27. The van der Waals surface area contributed by atoms with E-state index in [1.54, 1.807) is 18.2 Å². The molecule has 114 valence electrons. The zero-order valence-electron chi connectivity index (χ0n) is 12.2. The molecule has 1 aromatic rings. The Hall–Kier alpha value is -1.40. The summed E-state index contributed by atoms with van der Waals surface area (Å²) in [5.74, 6) is 0.253. The summed E-state index contributed by atoms with van der Waals surface area (Å²) < 4.78 is 27.0. The molecule has 3 rings (SSSR count). The van der Waals surface area contributed by atoms with Crippen molar-refractivity contribution in [2.45, 2.75) is 18.7 Å². The van der Waals surface area contributed by atoms with Gasteiger partial charge in [0.05, 0.1) is 4.90 Å². The van der Waals surface area contributed by atoms with E-state index < -0.39 is 10.0 Å². The van der Waals surface area contributed by atoms with Crippen LogP contribution in [-0.2, 0) is 14.8 Å². The Labute approximate surface area is 125 Å². The highest BCUT2D eigenvalue weighted by molar-refractivity contribution is 7.89. The average Bonchev–Trinajstić information content (AvgIpc) is 2.88. The standard InChI is InChI=1S/C15H20N2O3S/c1-10-4-3-5-13(6-10)21(19,20)17-8-12-7-16-15(18)11(2)14(12)9-17/h3-6,11-12,14H,7-9H2,1-2H3,(H,16,18)/t11-,12+,14+/m1/s1. The summed E-state index contributed by atoms with van der Waals surface area (Å²) >= 11 is 0. The average molecular weight is 308 g/mol. The van der Waals surface area contributed by atoms with Gasteiger partial charge >= 0.3 is 0 Å². The number of aryl methyl sites for hydroxylation is 1. The molecule has 5 nitrogen and oxygen atoms in total. The molecular formula is C15H20N2O3S. The van der Waals surface area contributed by atoms with Crippen LogP contribution in [0.25, 0.3) is 0 Å². The van der Waals surface area contributed by atoms with E-state index in [1.165, 1.54) is 4.31 Å². The lowest BCUT2D eigenvalue weighted by atomic mass is 9.81. The van der Waals surface area contributed by atoms with E-state index in [4.69, 9.17) is 0 Å². The van der Waals surface area contributed by atoms with Gasteiger partial charge in [0.1, 0.15) is 0 Å². The fourth-order valence-electron chi connectivity index (χ4n) is 3.35. The molecular weight excluding hydrogens is 288 g/mol. The molecule has 21 heavy (non-hydrogen) atoms. The molecule has 2 aliphatic heterocycles. The van der Waals surface area contributed by atoms with Gasteiger partial charge in [0, 0.05) is 25.6 Å². The van der Waals surface area contributed by atoms with Crippen molar-refractivity contribution >= 4 is 15.9 Å². The number of fused-ring (bicyclic) bond motifs is 1. The van der Waals surface area contributed by atoms with Gasteiger partial charge in [0.2, 0.25) is 15.9 Å². The molecule has 0 spiro atoms. The first-order chi connectivity index (χ1) is 9.89. The quantitative estimate of drug-likeness (QED) is 0.886. The summed E-state index contributed by atoms with van der Waals surface area (Å²) in [7, 11) is -3.47. The van der Waals surface area contributed by atoms with Crippen LogP contribution < -0.4 is 5.32 Å². The Balaban J connectivity index is 1.87. The normalized spacial score (nSPS) is 30.0. The topological polar surface area (TPSA) is 66.5 Å². The summed E-state index contributed by atoms with van der Waals surface area (Å²) in [5, 5.41) is 2.86. The van der Waals surface area contributed by atoms with Crippen molar-refractivity contribution in [2.24, 2.45) is 17.8 Å². The Kier molecular flexibility index (Phi) is 3.53. The molecule has 0 saturated carbocycles. The zero-order valence-corrected chi connectivity index (χ0v) is 13.1. The fourth-order valence-corrected chi connectivity index (χ4v) is 4.99. The Morgan fingerprint density at radius 3 is 2.76 bits per heavy atom. The minimum Gasteiger partial charge on any atom is -0.356 e. The van der Waals surface area contributed by atoms with Gasteiger partial charge in [-0.15, -0.1) is 0 Å². The lowest BCUT2D eigenvalue weighted by molar-refractivity contribution is -0.128. The van der Waals surface area contributed by atoms with Gasteiger partial charge in [0.15, 0.2) is 0 Å². The molecule has 0 radical (unpaired) electrons. The first-order valence-electron chi connectivity index (χ1n) is 7.24. The number of carbonyl (C=O) groups excluding carboxylic acids is 1. The molecule has 0 aliphatic carbocycles. The lowest BCUT2D eigenvalue weighted by Gasteiger charge is -2.29. The molecule has 2 fully saturated rings. The van der Waals surface area contributed by atoms with E-state index in [-0.39, 0.29) is 23.7 Å². The van der Waals surface area contributed by atoms with Crippen LogP contribution in [-0.4, -0.2) is 38.3 Å². The molecule has 0 bridgehead atoms. The van der Waals surface area contributed by atoms with Gasteiger partial charge < -0.3 is 5.32 Å². The van der Waals surface area contributed by atoms with E-state index in [9.17, 15) is 13.2 Å². The fraction of sp³-hybridized carbons (Fsp3) is 0.533. The molecule has 0 aromatic heterocycles. The number of benzene rings is 1. The molecule has 0 unspecified atom stereocenters. The molecule has 1 N–H and O–H groups in total. The van der Waals surface area contributed by atoms with Crippen molar-refractivity contribution in [2.75, 3.05) is 19.6 Å². The van der Waals surface area contributed by atoms with E-state index >= 15 is 0 Å². The third-order valence-corrected chi connectivity index (χ3v) is 6.51. The molecule has 2 heterocycles. The zero-order chi connectivity index (χ0) is 15.2. The van der Waals surface area contributed by atoms with Gasteiger partial charge in [-0.1, -0.05) is 19.1 Å². The highest BCUT2D eigenvalue weighted by Crippen LogP contribution is 2.35. The number of amides is 1. The number of nitrogens with one attached hydrogen (secondary N) is 1. The first kappa shape index (κ1) is 14.5. The van der Waals surface area contributed by atoms with E-state index in [2.05, 4.69) is 5.32 Å². The number of piperidine rings is 1. The van der Waals surface area contributed by atoms with Crippen molar-refractivity contribution in [1.82, 2.24) is 9.62 Å². The number of carbonyl (C=O) groups is 1. The predicted octanol–water partition coefficient (Wildman–Crippen LogP) is 0.998. The van der Waals surface area contributed by atoms with Crippen molar-refractivity contribution < 1.29 is 13.2 Å². The van der Waals surface area contributed by atoms with Gasteiger partial charge in [-0.05, 0) is 36.5 Å². The molecule has 6 heteroatoms. The van der Waals surface area contributed by atoms with Gasteiger partial charge in [0.25, 0.3) is 0 Å². The minimum absolute atomic E-state index is 0.0334. The van der Waals surface area contributed by atoms with Gasteiger partial charge in [-0.2, -0.15) is 4.31 Å². The number of hydrogen-bond donors (Lipinski definition) is 1. The number of hydrogen-bond acceptors (Lipinski definition) is 3. The highest BCUT2D eigenvalue weighted by Gasteiger charge is 2.45. The Bertz CT molecular complexity index is 671. The highest BCUT2D eigenvalue weighted by atomic mass is 32.2.